The first-order valence-electron chi connectivity index (χ1n) is 6.63. The van der Waals surface area contributed by atoms with E-state index in [0.29, 0.717) is 12.0 Å². The van der Waals surface area contributed by atoms with Crippen molar-refractivity contribution in [3.8, 4) is 6.07 Å². The van der Waals surface area contributed by atoms with Crippen LogP contribution in [0, 0.1) is 17.2 Å². The molecule has 16 heavy (non-hydrogen) atoms. The van der Waals surface area contributed by atoms with Gasteiger partial charge in [0.25, 0.3) is 0 Å². The summed E-state index contributed by atoms with van der Waals surface area (Å²) in [4.78, 5) is 0. The Bertz CT molecular complexity index is 237. The highest BCUT2D eigenvalue weighted by Gasteiger charge is 2.26. The molecule has 3 nitrogen and oxygen atoms in total. The summed E-state index contributed by atoms with van der Waals surface area (Å²) in [6.07, 6.45) is 8.60. The van der Waals surface area contributed by atoms with Crippen LogP contribution in [0.3, 0.4) is 0 Å². The Morgan fingerprint density at radius 3 is 2.38 bits per heavy atom. The molecular weight excluding hydrogens is 200 g/mol. The van der Waals surface area contributed by atoms with Gasteiger partial charge in [0, 0.05) is 19.3 Å². The van der Waals surface area contributed by atoms with Gasteiger partial charge in [-0.3, -0.25) is 5.32 Å². The second kappa shape index (κ2) is 6.22. The summed E-state index contributed by atoms with van der Waals surface area (Å²) >= 11 is 0. The van der Waals surface area contributed by atoms with Gasteiger partial charge in [-0.1, -0.05) is 19.3 Å². The maximum Gasteiger partial charge on any atom is 0.0985 e. The van der Waals surface area contributed by atoms with E-state index in [9.17, 15) is 5.26 Å². The molecule has 1 unspecified atom stereocenters. The van der Waals surface area contributed by atoms with Crippen molar-refractivity contribution in [2.24, 2.45) is 5.92 Å². The Kier molecular flexibility index (Phi) is 4.62. The smallest absolute Gasteiger partial charge is 0.0985 e. The van der Waals surface area contributed by atoms with Crippen molar-refractivity contribution in [3.05, 3.63) is 0 Å². The largest absolute Gasteiger partial charge is 0.381 e. The van der Waals surface area contributed by atoms with E-state index in [1.807, 2.05) is 0 Å². The molecule has 0 radical (unpaired) electrons. The number of nitrogens with one attached hydrogen (secondary N) is 1. The van der Waals surface area contributed by atoms with Crippen LogP contribution in [0.25, 0.3) is 0 Å². The van der Waals surface area contributed by atoms with Crippen molar-refractivity contribution in [3.63, 3.8) is 0 Å². The van der Waals surface area contributed by atoms with E-state index < -0.39 is 0 Å². The number of rotatable bonds is 3. The molecule has 2 fully saturated rings. The Labute approximate surface area is 98.2 Å². The Morgan fingerprint density at radius 1 is 1.06 bits per heavy atom. The third-order valence-electron chi connectivity index (χ3n) is 3.90. The van der Waals surface area contributed by atoms with Crippen LogP contribution < -0.4 is 5.32 Å². The average molecular weight is 222 g/mol. The van der Waals surface area contributed by atoms with E-state index in [1.165, 1.54) is 32.1 Å². The summed E-state index contributed by atoms with van der Waals surface area (Å²) in [6.45, 7) is 1.66. The van der Waals surface area contributed by atoms with Crippen LogP contribution in [-0.2, 0) is 4.74 Å². The van der Waals surface area contributed by atoms with Gasteiger partial charge in [-0.25, -0.2) is 0 Å². The second-order valence-corrected chi connectivity index (χ2v) is 5.06. The molecule has 0 aromatic carbocycles. The fraction of sp³-hybridized carbons (Fsp3) is 0.923. The van der Waals surface area contributed by atoms with Gasteiger partial charge in [0.2, 0.25) is 0 Å². The molecule has 2 rings (SSSR count). The van der Waals surface area contributed by atoms with E-state index in [4.69, 9.17) is 4.74 Å². The minimum Gasteiger partial charge on any atom is -0.381 e. The predicted molar refractivity (Wildman–Crippen MR) is 63.0 cm³/mol. The molecule has 0 aromatic rings. The highest BCUT2D eigenvalue weighted by Crippen LogP contribution is 2.22. The summed E-state index contributed by atoms with van der Waals surface area (Å²) in [7, 11) is 0. The monoisotopic (exact) mass is 222 g/mol. The summed E-state index contributed by atoms with van der Waals surface area (Å²) in [5.74, 6) is 0.501. The van der Waals surface area contributed by atoms with E-state index in [0.717, 1.165) is 26.1 Å². The van der Waals surface area contributed by atoms with Crippen LogP contribution in [0.1, 0.15) is 44.9 Å². The molecule has 90 valence electrons. The van der Waals surface area contributed by atoms with Gasteiger partial charge >= 0.3 is 0 Å². The topological polar surface area (TPSA) is 45.0 Å². The van der Waals surface area contributed by atoms with Crippen LogP contribution in [0.2, 0.25) is 0 Å². The predicted octanol–water partition coefficient (Wildman–Crippen LogP) is 2.23. The van der Waals surface area contributed by atoms with E-state index in [2.05, 4.69) is 11.4 Å². The van der Waals surface area contributed by atoms with Gasteiger partial charge < -0.3 is 4.74 Å². The highest BCUT2D eigenvalue weighted by atomic mass is 16.5. The fourth-order valence-electron chi connectivity index (χ4n) is 2.85. The molecule has 0 bridgehead atoms. The molecule has 1 heterocycles. The number of ether oxygens (including phenoxy) is 1. The van der Waals surface area contributed by atoms with Crippen molar-refractivity contribution in [2.75, 3.05) is 13.2 Å². The first kappa shape index (κ1) is 11.9. The number of hydrogen-bond donors (Lipinski definition) is 1. The molecular formula is C13H22N2O. The normalized spacial score (nSPS) is 26.2. The summed E-state index contributed by atoms with van der Waals surface area (Å²) in [6, 6.07) is 3.09. The zero-order chi connectivity index (χ0) is 11.2. The standard InChI is InChI=1S/C13H22N2O/c14-10-13(11-6-8-16-9-7-11)15-12-4-2-1-3-5-12/h11-13,15H,1-9H2. The number of hydrogen-bond acceptors (Lipinski definition) is 3. The number of nitriles is 1. The van der Waals surface area contributed by atoms with Crippen molar-refractivity contribution in [2.45, 2.75) is 57.0 Å². The first-order valence-corrected chi connectivity index (χ1v) is 6.63. The second-order valence-electron chi connectivity index (χ2n) is 5.06. The lowest BCUT2D eigenvalue weighted by Crippen LogP contribution is -2.44. The van der Waals surface area contributed by atoms with Crippen LogP contribution >= 0.6 is 0 Å². The first-order chi connectivity index (χ1) is 7.90. The Morgan fingerprint density at radius 2 is 1.75 bits per heavy atom. The maximum absolute atomic E-state index is 9.26. The van der Waals surface area contributed by atoms with Crippen LogP contribution in [0.5, 0.6) is 0 Å². The molecule has 1 saturated carbocycles. The molecule has 1 aliphatic carbocycles. The van der Waals surface area contributed by atoms with Gasteiger partial charge in [0.05, 0.1) is 12.1 Å². The molecule has 1 atom stereocenters. The zero-order valence-corrected chi connectivity index (χ0v) is 9.95. The highest BCUT2D eigenvalue weighted by molar-refractivity contribution is 4.97. The van der Waals surface area contributed by atoms with Gasteiger partial charge in [0.1, 0.15) is 0 Å². The lowest BCUT2D eigenvalue weighted by atomic mass is 9.89. The van der Waals surface area contributed by atoms with Crippen molar-refractivity contribution in [1.29, 1.82) is 5.26 Å². The SMILES string of the molecule is N#CC(NC1CCCCC1)C1CCOCC1. The maximum atomic E-state index is 9.26. The molecule has 1 N–H and O–H groups in total. The molecule has 2 aliphatic rings. The molecule has 0 spiro atoms. The third-order valence-corrected chi connectivity index (χ3v) is 3.90. The van der Waals surface area contributed by atoms with Gasteiger partial charge in [-0.05, 0) is 31.6 Å². The molecule has 0 aromatic heterocycles. The summed E-state index contributed by atoms with van der Waals surface area (Å²) < 4.78 is 5.35. The van der Waals surface area contributed by atoms with E-state index in [1.54, 1.807) is 0 Å². The molecule has 3 heteroatoms. The quantitative estimate of drug-likeness (QED) is 0.796. The minimum absolute atomic E-state index is 0.0481. The van der Waals surface area contributed by atoms with Crippen molar-refractivity contribution >= 4 is 0 Å². The van der Waals surface area contributed by atoms with Crippen LogP contribution in [-0.4, -0.2) is 25.3 Å². The summed E-state index contributed by atoms with van der Waals surface area (Å²) in [5.41, 5.74) is 0. The third kappa shape index (κ3) is 3.20. The van der Waals surface area contributed by atoms with Crippen molar-refractivity contribution < 1.29 is 4.74 Å². The number of nitrogens with zero attached hydrogens (tertiary/aromatic N) is 1. The van der Waals surface area contributed by atoms with Crippen LogP contribution in [0.15, 0.2) is 0 Å². The van der Waals surface area contributed by atoms with E-state index in [-0.39, 0.29) is 6.04 Å². The Hall–Kier alpha value is -0.590. The molecule has 1 saturated heterocycles. The lowest BCUT2D eigenvalue weighted by molar-refractivity contribution is 0.0579. The van der Waals surface area contributed by atoms with Gasteiger partial charge in [-0.15, -0.1) is 0 Å². The van der Waals surface area contributed by atoms with Crippen LogP contribution in [0.4, 0.5) is 0 Å². The van der Waals surface area contributed by atoms with E-state index >= 15 is 0 Å². The zero-order valence-electron chi connectivity index (χ0n) is 9.95. The van der Waals surface area contributed by atoms with Gasteiger partial charge in [-0.2, -0.15) is 5.26 Å². The molecule has 0 amide bonds. The average Bonchev–Trinajstić information content (AvgIpc) is 2.38. The lowest BCUT2D eigenvalue weighted by Gasteiger charge is -2.31. The summed E-state index contributed by atoms with van der Waals surface area (Å²) in [5, 5.41) is 12.8. The van der Waals surface area contributed by atoms with Crippen molar-refractivity contribution in [1.82, 2.24) is 5.32 Å². The minimum atomic E-state index is 0.0481. The Balaban J connectivity index is 1.81. The fourth-order valence-corrected chi connectivity index (χ4v) is 2.85. The van der Waals surface area contributed by atoms with Gasteiger partial charge in [0.15, 0.2) is 0 Å². The molecule has 1 aliphatic heterocycles.